The Morgan fingerprint density at radius 1 is 1.08 bits per heavy atom. The average molecular weight is 389 g/mol. The third-order valence-corrected chi connectivity index (χ3v) is 5.28. The number of carbonyl (C=O) groups is 1. The van der Waals surface area contributed by atoms with Crippen molar-refractivity contribution in [2.45, 2.75) is 24.9 Å². The Balaban J connectivity index is 1.48. The highest BCUT2D eigenvalue weighted by Crippen LogP contribution is 2.49. The van der Waals surface area contributed by atoms with E-state index in [1.807, 2.05) is 42.5 Å². The molecule has 4 nitrogen and oxygen atoms in total. The summed E-state index contributed by atoms with van der Waals surface area (Å²) in [6.07, 6.45) is 1.69. The van der Waals surface area contributed by atoms with Crippen molar-refractivity contribution in [1.29, 1.82) is 0 Å². The number of hydrogen-bond donors (Lipinski definition) is 0. The summed E-state index contributed by atoms with van der Waals surface area (Å²) >= 11 is 3.51. The first-order valence-electron chi connectivity index (χ1n) is 8.00. The summed E-state index contributed by atoms with van der Waals surface area (Å²) in [4.78, 5) is 12.6. The molecule has 2 aromatic carbocycles. The summed E-state index contributed by atoms with van der Waals surface area (Å²) in [5.41, 5.74) is 1.45. The van der Waals surface area contributed by atoms with Crippen LogP contribution in [0.1, 0.15) is 24.0 Å². The zero-order chi connectivity index (χ0) is 16.6. The Morgan fingerprint density at radius 3 is 2.42 bits per heavy atom. The molecule has 0 radical (unpaired) electrons. The van der Waals surface area contributed by atoms with Gasteiger partial charge in [0, 0.05) is 10.0 Å². The third kappa shape index (κ3) is 2.77. The van der Waals surface area contributed by atoms with Crippen molar-refractivity contribution in [2.24, 2.45) is 0 Å². The molecule has 24 heavy (non-hydrogen) atoms. The lowest BCUT2D eigenvalue weighted by atomic mass is 9.96. The molecule has 1 aliphatic heterocycles. The van der Waals surface area contributed by atoms with E-state index in [4.69, 9.17) is 14.2 Å². The summed E-state index contributed by atoms with van der Waals surface area (Å²) < 4.78 is 17.6. The SMILES string of the molecule is O=C(OCc1cc2c(cc1Br)OCCO2)C1(c2ccccc2)CC1. The number of esters is 1. The molecular formula is C19H17BrO4. The molecule has 2 aromatic rings. The fraction of sp³-hybridized carbons (Fsp3) is 0.316. The highest BCUT2D eigenvalue weighted by atomic mass is 79.9. The Kier molecular flexibility index (Phi) is 3.96. The number of rotatable bonds is 4. The van der Waals surface area contributed by atoms with Gasteiger partial charge in [-0.05, 0) is 30.5 Å². The van der Waals surface area contributed by atoms with E-state index in [9.17, 15) is 4.79 Å². The van der Waals surface area contributed by atoms with Gasteiger partial charge < -0.3 is 14.2 Å². The van der Waals surface area contributed by atoms with Crippen molar-refractivity contribution in [1.82, 2.24) is 0 Å². The van der Waals surface area contributed by atoms with Gasteiger partial charge >= 0.3 is 5.97 Å². The highest BCUT2D eigenvalue weighted by Gasteiger charge is 2.52. The van der Waals surface area contributed by atoms with E-state index in [-0.39, 0.29) is 12.6 Å². The second-order valence-corrected chi connectivity index (χ2v) is 6.97. The van der Waals surface area contributed by atoms with Gasteiger partial charge in [0.15, 0.2) is 11.5 Å². The second-order valence-electron chi connectivity index (χ2n) is 6.11. The largest absolute Gasteiger partial charge is 0.486 e. The molecule has 0 bridgehead atoms. The maximum atomic E-state index is 12.6. The van der Waals surface area contributed by atoms with Crippen molar-refractivity contribution in [3.05, 3.63) is 58.1 Å². The minimum Gasteiger partial charge on any atom is -0.486 e. The molecule has 2 aliphatic rings. The molecule has 0 atom stereocenters. The van der Waals surface area contributed by atoms with Gasteiger partial charge in [0.1, 0.15) is 19.8 Å². The first kappa shape index (κ1) is 15.5. The molecule has 0 aromatic heterocycles. The maximum absolute atomic E-state index is 12.6. The molecule has 5 heteroatoms. The first-order valence-corrected chi connectivity index (χ1v) is 8.79. The van der Waals surface area contributed by atoms with Crippen LogP contribution < -0.4 is 9.47 Å². The van der Waals surface area contributed by atoms with Crippen molar-refractivity contribution in [3.63, 3.8) is 0 Å². The summed E-state index contributed by atoms with van der Waals surface area (Å²) in [5.74, 6) is 1.25. The van der Waals surface area contributed by atoms with Crippen LogP contribution in [0.2, 0.25) is 0 Å². The number of benzene rings is 2. The van der Waals surface area contributed by atoms with E-state index < -0.39 is 5.41 Å². The molecule has 0 saturated heterocycles. The lowest BCUT2D eigenvalue weighted by Crippen LogP contribution is -2.23. The summed E-state index contributed by atoms with van der Waals surface area (Å²) in [6, 6.07) is 13.6. The second kappa shape index (κ2) is 6.13. The molecule has 1 aliphatic carbocycles. The number of carbonyl (C=O) groups excluding carboxylic acids is 1. The average Bonchev–Trinajstić information content (AvgIpc) is 3.42. The predicted molar refractivity (Wildman–Crippen MR) is 92.3 cm³/mol. The fourth-order valence-electron chi connectivity index (χ4n) is 2.99. The topological polar surface area (TPSA) is 44.8 Å². The van der Waals surface area contributed by atoms with E-state index in [2.05, 4.69) is 15.9 Å². The summed E-state index contributed by atoms with van der Waals surface area (Å²) in [5, 5.41) is 0. The van der Waals surface area contributed by atoms with Crippen LogP contribution in [0.3, 0.4) is 0 Å². The van der Waals surface area contributed by atoms with Gasteiger partial charge in [-0.2, -0.15) is 0 Å². The number of fused-ring (bicyclic) bond motifs is 1. The number of hydrogen-bond acceptors (Lipinski definition) is 4. The van der Waals surface area contributed by atoms with E-state index in [0.29, 0.717) is 24.7 Å². The molecule has 0 amide bonds. The zero-order valence-electron chi connectivity index (χ0n) is 13.1. The van der Waals surface area contributed by atoms with Gasteiger partial charge in [-0.3, -0.25) is 4.79 Å². The van der Waals surface area contributed by atoms with Crippen LogP contribution in [0, 0.1) is 0 Å². The van der Waals surface area contributed by atoms with Crippen LogP contribution in [0.5, 0.6) is 11.5 Å². The van der Waals surface area contributed by atoms with Crippen LogP contribution in [-0.4, -0.2) is 19.2 Å². The molecule has 0 unspecified atom stereocenters. The normalized spacial score (nSPS) is 17.2. The lowest BCUT2D eigenvalue weighted by Gasteiger charge is -2.20. The molecule has 124 valence electrons. The smallest absolute Gasteiger partial charge is 0.316 e. The molecule has 1 fully saturated rings. The molecule has 1 saturated carbocycles. The molecule has 0 spiro atoms. The quantitative estimate of drug-likeness (QED) is 0.742. The van der Waals surface area contributed by atoms with Crippen LogP contribution >= 0.6 is 15.9 Å². The van der Waals surface area contributed by atoms with Crippen molar-refractivity contribution in [2.75, 3.05) is 13.2 Å². The Bertz CT molecular complexity index is 768. The molecular weight excluding hydrogens is 372 g/mol. The monoisotopic (exact) mass is 388 g/mol. The van der Waals surface area contributed by atoms with Crippen molar-refractivity contribution < 1.29 is 19.0 Å². The van der Waals surface area contributed by atoms with E-state index in [0.717, 1.165) is 28.4 Å². The van der Waals surface area contributed by atoms with Gasteiger partial charge in [0.25, 0.3) is 0 Å². The Hall–Kier alpha value is -2.01. The Labute approximate surface area is 148 Å². The zero-order valence-corrected chi connectivity index (χ0v) is 14.7. The van der Waals surface area contributed by atoms with E-state index in [1.165, 1.54) is 0 Å². The van der Waals surface area contributed by atoms with Crippen LogP contribution in [-0.2, 0) is 21.6 Å². The van der Waals surface area contributed by atoms with Gasteiger partial charge in [-0.15, -0.1) is 0 Å². The standard InChI is InChI=1S/C19H17BrO4/c20-15-11-17-16(22-8-9-23-17)10-13(15)12-24-18(21)19(6-7-19)14-4-2-1-3-5-14/h1-5,10-11H,6-9,12H2. The number of ether oxygens (including phenoxy) is 3. The minimum absolute atomic E-state index is 0.157. The van der Waals surface area contributed by atoms with Gasteiger partial charge in [0.2, 0.25) is 0 Å². The highest BCUT2D eigenvalue weighted by molar-refractivity contribution is 9.10. The molecule has 0 N–H and O–H groups in total. The van der Waals surface area contributed by atoms with Gasteiger partial charge in [0.05, 0.1) is 5.41 Å². The fourth-order valence-corrected chi connectivity index (χ4v) is 3.43. The maximum Gasteiger partial charge on any atom is 0.316 e. The van der Waals surface area contributed by atoms with Crippen molar-refractivity contribution in [3.8, 4) is 11.5 Å². The van der Waals surface area contributed by atoms with Gasteiger partial charge in [-0.1, -0.05) is 46.3 Å². The predicted octanol–water partition coefficient (Wildman–Crippen LogP) is 4.00. The van der Waals surface area contributed by atoms with E-state index >= 15 is 0 Å². The Morgan fingerprint density at radius 2 is 1.75 bits per heavy atom. The summed E-state index contributed by atoms with van der Waals surface area (Å²) in [6.45, 7) is 1.29. The summed E-state index contributed by atoms with van der Waals surface area (Å²) in [7, 11) is 0. The number of halogens is 1. The lowest BCUT2D eigenvalue weighted by molar-refractivity contribution is -0.148. The first-order chi connectivity index (χ1) is 11.7. The minimum atomic E-state index is -0.457. The van der Waals surface area contributed by atoms with Crippen LogP contribution in [0.25, 0.3) is 0 Å². The van der Waals surface area contributed by atoms with Crippen LogP contribution in [0.4, 0.5) is 0 Å². The van der Waals surface area contributed by atoms with E-state index in [1.54, 1.807) is 0 Å². The van der Waals surface area contributed by atoms with Crippen LogP contribution in [0.15, 0.2) is 46.9 Å². The molecule has 4 rings (SSSR count). The molecule has 1 heterocycles. The third-order valence-electron chi connectivity index (χ3n) is 4.54. The van der Waals surface area contributed by atoms with Crippen molar-refractivity contribution >= 4 is 21.9 Å². The van der Waals surface area contributed by atoms with Gasteiger partial charge in [-0.25, -0.2) is 0 Å².